The van der Waals surface area contributed by atoms with E-state index in [1.807, 2.05) is 0 Å². The first-order valence-electron chi connectivity index (χ1n) is 17.0. The summed E-state index contributed by atoms with van der Waals surface area (Å²) in [4.78, 5) is 0. The molecule has 6 aromatic carbocycles. The summed E-state index contributed by atoms with van der Waals surface area (Å²) in [6.45, 7) is 9.16. The van der Waals surface area contributed by atoms with Crippen LogP contribution in [0.1, 0.15) is 50.9 Å². The average molecular weight is 647 g/mol. The quantitative estimate of drug-likeness (QED) is 0.159. The third-order valence-electron chi connectivity index (χ3n) is 9.80. The van der Waals surface area contributed by atoms with Crippen LogP contribution in [-0.2, 0) is 25.7 Å². The van der Waals surface area contributed by atoms with E-state index in [9.17, 15) is 0 Å². The molecule has 234 valence electrons. The maximum Gasteiger partial charge on any atom is -0.0116 e. The second-order valence-electron chi connectivity index (χ2n) is 13.1. The molecule has 4 aliphatic rings. The van der Waals surface area contributed by atoms with E-state index in [0.717, 1.165) is 32.1 Å². The van der Waals surface area contributed by atoms with E-state index in [4.69, 9.17) is 0 Å². The van der Waals surface area contributed by atoms with Gasteiger partial charge in [0.2, 0.25) is 0 Å². The molecule has 0 amide bonds. The normalized spacial score (nSPS) is 13.1. The van der Waals surface area contributed by atoms with E-state index < -0.39 is 15.8 Å². The lowest BCUT2D eigenvalue weighted by molar-refractivity contribution is 0.824. The van der Waals surface area contributed by atoms with Crippen molar-refractivity contribution in [2.75, 3.05) is 0 Å². The van der Waals surface area contributed by atoms with Crippen molar-refractivity contribution in [1.29, 1.82) is 0 Å². The number of hydrogen-bond acceptors (Lipinski definition) is 0. The second kappa shape index (κ2) is 14.1. The van der Waals surface area contributed by atoms with Crippen molar-refractivity contribution in [3.8, 4) is 0 Å². The highest BCUT2D eigenvalue weighted by Gasteiger charge is 2.25. The molecule has 0 spiro atoms. The molecule has 2 heteroatoms. The minimum Gasteiger partial charge on any atom is -0.0620 e. The predicted molar refractivity (Wildman–Crippen MR) is 209 cm³/mol. The zero-order valence-corrected chi connectivity index (χ0v) is 29.9. The summed E-state index contributed by atoms with van der Waals surface area (Å²) < 4.78 is 0. The Bertz CT molecular complexity index is 1950. The molecule has 0 heterocycles. The highest BCUT2D eigenvalue weighted by Crippen LogP contribution is 2.39. The Morgan fingerprint density at radius 1 is 0.340 bits per heavy atom. The van der Waals surface area contributed by atoms with Gasteiger partial charge < -0.3 is 0 Å². The predicted octanol–water partition coefficient (Wildman–Crippen LogP) is 8.71. The molecule has 0 nitrogen and oxygen atoms in total. The lowest BCUT2D eigenvalue weighted by Gasteiger charge is -2.26. The maximum absolute atomic E-state index is 2.59. The Morgan fingerprint density at radius 3 is 1.11 bits per heavy atom. The van der Waals surface area contributed by atoms with Crippen molar-refractivity contribution < 1.29 is 0 Å². The third kappa shape index (κ3) is 6.65. The number of aryl methyl sites for hydroxylation is 8. The Balaban J connectivity index is 1.35. The van der Waals surface area contributed by atoms with Gasteiger partial charge in [-0.15, -0.1) is 0 Å². The Hall–Kier alpha value is -3.82. The van der Waals surface area contributed by atoms with Gasteiger partial charge in [0.1, 0.15) is 0 Å². The van der Waals surface area contributed by atoms with E-state index in [-0.39, 0.29) is 0 Å². The summed E-state index contributed by atoms with van der Waals surface area (Å²) in [6, 6.07) is 51.3. The van der Waals surface area contributed by atoms with Crippen molar-refractivity contribution >= 4 is 47.7 Å². The topological polar surface area (TPSA) is 0 Å². The van der Waals surface area contributed by atoms with Crippen LogP contribution in [-0.4, -0.2) is 0 Å². The van der Waals surface area contributed by atoms with Crippen molar-refractivity contribution in [2.24, 2.45) is 0 Å². The van der Waals surface area contributed by atoms with E-state index in [2.05, 4.69) is 161 Å². The van der Waals surface area contributed by atoms with E-state index in [1.165, 1.54) is 65.7 Å². The SMILES string of the molecule is Cc1ccccc1P(c1ccccc1C)c1cc2ccc1CCCc1ccc(c(P(c3ccccc3C)c3ccccc3C)c1)CC2. The molecule has 0 saturated heterocycles. The highest BCUT2D eigenvalue weighted by molar-refractivity contribution is 7.80. The Morgan fingerprint density at radius 2 is 0.702 bits per heavy atom. The van der Waals surface area contributed by atoms with Crippen LogP contribution in [0, 0.1) is 27.7 Å². The molecule has 0 fully saturated rings. The minimum absolute atomic E-state index is 0.677. The van der Waals surface area contributed by atoms with Crippen LogP contribution in [0.5, 0.6) is 0 Å². The van der Waals surface area contributed by atoms with Crippen LogP contribution >= 0.6 is 15.8 Å². The molecular weight excluding hydrogens is 602 g/mol. The van der Waals surface area contributed by atoms with Gasteiger partial charge in [-0.1, -0.05) is 133 Å². The van der Waals surface area contributed by atoms with Gasteiger partial charge in [0, 0.05) is 0 Å². The highest BCUT2D eigenvalue weighted by atomic mass is 31.1. The summed E-state index contributed by atoms with van der Waals surface area (Å²) in [5, 5.41) is 9.01. The van der Waals surface area contributed by atoms with Gasteiger partial charge in [-0.25, -0.2) is 0 Å². The van der Waals surface area contributed by atoms with Gasteiger partial charge in [-0.05, 0) is 152 Å². The molecule has 0 atom stereocenters. The third-order valence-corrected chi connectivity index (χ3v) is 15.5. The van der Waals surface area contributed by atoms with Crippen molar-refractivity contribution in [3.63, 3.8) is 0 Å². The fourth-order valence-electron chi connectivity index (χ4n) is 7.17. The molecule has 0 saturated carbocycles. The summed E-state index contributed by atoms with van der Waals surface area (Å²) in [5.41, 5.74) is 11.5. The summed E-state index contributed by atoms with van der Waals surface area (Å²) in [6.07, 6.45) is 5.40. The van der Waals surface area contributed by atoms with Crippen LogP contribution in [0.15, 0.2) is 133 Å². The molecule has 0 N–H and O–H groups in total. The monoisotopic (exact) mass is 646 g/mol. The van der Waals surface area contributed by atoms with Crippen LogP contribution < -0.4 is 31.8 Å². The Kier molecular flexibility index (Phi) is 9.54. The summed E-state index contributed by atoms with van der Waals surface area (Å²) >= 11 is 0. The first-order valence-corrected chi connectivity index (χ1v) is 19.7. The molecule has 47 heavy (non-hydrogen) atoms. The van der Waals surface area contributed by atoms with Crippen molar-refractivity contribution in [3.05, 3.63) is 178 Å². The van der Waals surface area contributed by atoms with E-state index in [1.54, 1.807) is 10.6 Å². The summed E-state index contributed by atoms with van der Waals surface area (Å²) in [5.74, 6) is 0. The molecule has 4 bridgehead atoms. The van der Waals surface area contributed by atoms with Gasteiger partial charge >= 0.3 is 0 Å². The molecular formula is C45H44P2. The van der Waals surface area contributed by atoms with Crippen LogP contribution in [0.4, 0.5) is 0 Å². The fourth-order valence-corrected chi connectivity index (χ4v) is 12.9. The second-order valence-corrected chi connectivity index (χ2v) is 17.3. The van der Waals surface area contributed by atoms with Crippen LogP contribution in [0.3, 0.4) is 0 Å². The van der Waals surface area contributed by atoms with Gasteiger partial charge in [0.15, 0.2) is 0 Å². The Labute approximate surface area is 284 Å². The molecule has 0 aromatic heterocycles. The zero-order valence-electron chi connectivity index (χ0n) is 28.1. The van der Waals surface area contributed by atoms with E-state index >= 15 is 0 Å². The first kappa shape index (κ1) is 31.8. The number of hydrogen-bond donors (Lipinski definition) is 0. The van der Waals surface area contributed by atoms with Gasteiger partial charge in [-0.3, -0.25) is 0 Å². The smallest absolute Gasteiger partial charge is 0.0116 e. The molecule has 0 radical (unpaired) electrons. The number of rotatable bonds is 6. The molecule has 6 aromatic rings. The fraction of sp³-hybridized carbons (Fsp3) is 0.200. The van der Waals surface area contributed by atoms with Gasteiger partial charge in [-0.2, -0.15) is 0 Å². The molecule has 0 aliphatic heterocycles. The lowest BCUT2D eigenvalue weighted by atomic mass is 10.0. The maximum atomic E-state index is 2.59. The molecule has 0 unspecified atom stereocenters. The zero-order chi connectivity index (χ0) is 32.3. The van der Waals surface area contributed by atoms with Crippen molar-refractivity contribution in [2.45, 2.75) is 59.8 Å². The summed E-state index contributed by atoms with van der Waals surface area (Å²) in [7, 11) is -1.36. The van der Waals surface area contributed by atoms with Gasteiger partial charge in [0.05, 0.1) is 0 Å². The minimum atomic E-state index is -0.685. The average Bonchev–Trinajstić information content (AvgIpc) is 3.12. The van der Waals surface area contributed by atoms with Gasteiger partial charge in [0.25, 0.3) is 0 Å². The van der Waals surface area contributed by atoms with Crippen molar-refractivity contribution in [1.82, 2.24) is 0 Å². The lowest BCUT2D eigenvalue weighted by Crippen LogP contribution is -2.27. The first-order chi connectivity index (χ1) is 23.0. The van der Waals surface area contributed by atoms with Crippen LogP contribution in [0.2, 0.25) is 0 Å². The van der Waals surface area contributed by atoms with E-state index in [0.29, 0.717) is 0 Å². The molecule has 10 rings (SSSR count). The number of benzene rings is 6. The standard InChI is InChI=1S/C45H44P2/c1-32-14-5-9-20-40(32)46(41-21-10-6-15-33(41)2)44-31-37-25-27-38(44)19-13-18-36-24-28-39(29-26-37)45(30-36)47(42-22-11-7-16-34(42)3)43-23-12-8-17-35(43)4/h5-12,14-17,20-25,27-28,30-31H,13,18-19,26,29H2,1-4H3. The largest absolute Gasteiger partial charge is 0.0620 e. The molecule has 4 aliphatic carbocycles. The van der Waals surface area contributed by atoms with Crippen LogP contribution in [0.25, 0.3) is 0 Å².